The van der Waals surface area contributed by atoms with Crippen LogP contribution in [0.3, 0.4) is 0 Å². The van der Waals surface area contributed by atoms with E-state index in [4.69, 9.17) is 5.73 Å². The Labute approximate surface area is 110 Å². The molecule has 2 heteroatoms. The summed E-state index contributed by atoms with van der Waals surface area (Å²) in [6, 6.07) is 5.01. The lowest BCUT2D eigenvalue weighted by atomic mass is 9.79. The third kappa shape index (κ3) is 2.74. The second kappa shape index (κ2) is 4.65. The predicted molar refractivity (Wildman–Crippen MR) is 73.9 cm³/mol. The highest BCUT2D eigenvalue weighted by Crippen LogP contribution is 2.42. The molecule has 1 aliphatic carbocycles. The molecule has 0 amide bonds. The molecule has 1 unspecified atom stereocenters. The first-order chi connectivity index (χ1) is 8.32. The Balaban J connectivity index is 2.30. The SMILES string of the molecule is Cc1cc(F)ccc1C1(N)CCCC(C)(C)CC1. The lowest BCUT2D eigenvalue weighted by Gasteiger charge is -2.31. The monoisotopic (exact) mass is 249 g/mol. The van der Waals surface area contributed by atoms with Crippen molar-refractivity contribution in [3.63, 3.8) is 0 Å². The van der Waals surface area contributed by atoms with Gasteiger partial charge in [-0.2, -0.15) is 0 Å². The van der Waals surface area contributed by atoms with Gasteiger partial charge in [-0.3, -0.25) is 0 Å². The maximum Gasteiger partial charge on any atom is 0.123 e. The molecule has 0 heterocycles. The van der Waals surface area contributed by atoms with E-state index in [1.807, 2.05) is 13.0 Å². The van der Waals surface area contributed by atoms with E-state index in [0.29, 0.717) is 5.41 Å². The summed E-state index contributed by atoms with van der Waals surface area (Å²) in [6.45, 7) is 6.59. The van der Waals surface area contributed by atoms with E-state index in [0.717, 1.165) is 36.8 Å². The number of hydrogen-bond acceptors (Lipinski definition) is 1. The van der Waals surface area contributed by atoms with Crippen LogP contribution in [0.1, 0.15) is 57.1 Å². The number of rotatable bonds is 1. The van der Waals surface area contributed by atoms with Gasteiger partial charge in [0, 0.05) is 5.54 Å². The molecule has 0 spiro atoms. The van der Waals surface area contributed by atoms with E-state index in [1.165, 1.54) is 12.5 Å². The number of halogens is 1. The minimum Gasteiger partial charge on any atom is -0.321 e. The first-order valence-electron chi connectivity index (χ1n) is 6.88. The van der Waals surface area contributed by atoms with Crippen molar-refractivity contribution in [2.45, 2.75) is 58.4 Å². The minimum absolute atomic E-state index is 0.172. The minimum atomic E-state index is -0.272. The lowest BCUT2D eigenvalue weighted by Crippen LogP contribution is -2.37. The van der Waals surface area contributed by atoms with E-state index >= 15 is 0 Å². The second-order valence-corrected chi connectivity index (χ2v) is 6.63. The molecule has 1 aliphatic rings. The third-order valence-electron chi connectivity index (χ3n) is 4.45. The molecule has 1 fully saturated rings. The smallest absolute Gasteiger partial charge is 0.123 e. The molecule has 0 aromatic heterocycles. The highest BCUT2D eigenvalue weighted by Gasteiger charge is 2.34. The van der Waals surface area contributed by atoms with E-state index in [1.54, 1.807) is 6.07 Å². The number of nitrogens with two attached hydrogens (primary N) is 1. The van der Waals surface area contributed by atoms with Crippen LogP contribution < -0.4 is 5.73 Å². The van der Waals surface area contributed by atoms with Crippen LogP contribution in [0.15, 0.2) is 18.2 Å². The molecule has 100 valence electrons. The summed E-state index contributed by atoms with van der Waals surface area (Å²) in [5, 5.41) is 0. The summed E-state index contributed by atoms with van der Waals surface area (Å²) in [4.78, 5) is 0. The van der Waals surface area contributed by atoms with Crippen molar-refractivity contribution in [2.75, 3.05) is 0 Å². The molecule has 1 atom stereocenters. The molecule has 1 saturated carbocycles. The Hall–Kier alpha value is -0.890. The average molecular weight is 249 g/mol. The van der Waals surface area contributed by atoms with Crippen molar-refractivity contribution in [2.24, 2.45) is 11.1 Å². The highest BCUT2D eigenvalue weighted by molar-refractivity contribution is 5.33. The first kappa shape index (κ1) is 13.5. The normalized spacial score (nSPS) is 27.8. The largest absolute Gasteiger partial charge is 0.321 e. The van der Waals surface area contributed by atoms with Crippen LogP contribution in [0.4, 0.5) is 4.39 Å². The van der Waals surface area contributed by atoms with Gasteiger partial charge in [0.25, 0.3) is 0 Å². The van der Waals surface area contributed by atoms with E-state index < -0.39 is 0 Å². The van der Waals surface area contributed by atoms with Crippen molar-refractivity contribution in [3.05, 3.63) is 35.1 Å². The van der Waals surface area contributed by atoms with Crippen LogP contribution in [0, 0.1) is 18.2 Å². The first-order valence-corrected chi connectivity index (χ1v) is 6.88. The Bertz CT molecular complexity index is 439. The fourth-order valence-electron chi connectivity index (χ4n) is 3.15. The van der Waals surface area contributed by atoms with Gasteiger partial charge in [0.05, 0.1) is 0 Å². The van der Waals surface area contributed by atoms with Gasteiger partial charge in [0.15, 0.2) is 0 Å². The molecule has 0 saturated heterocycles. The molecule has 0 aliphatic heterocycles. The van der Waals surface area contributed by atoms with Gasteiger partial charge in [-0.25, -0.2) is 4.39 Å². The molecule has 2 N–H and O–H groups in total. The average Bonchev–Trinajstić information content (AvgIpc) is 2.39. The molecular weight excluding hydrogens is 225 g/mol. The molecular formula is C16H24FN. The standard InChI is InChI=1S/C16H24FN/c1-12-11-13(17)5-6-14(12)16(18)8-4-7-15(2,3)9-10-16/h5-6,11H,4,7-10,18H2,1-3H3. The predicted octanol–water partition coefficient (Wildman–Crippen LogP) is 4.28. The Morgan fingerprint density at radius 2 is 1.83 bits per heavy atom. The van der Waals surface area contributed by atoms with Crippen molar-refractivity contribution in [1.29, 1.82) is 0 Å². The van der Waals surface area contributed by atoms with Gasteiger partial charge in [0.1, 0.15) is 5.82 Å². The maximum absolute atomic E-state index is 13.2. The van der Waals surface area contributed by atoms with Crippen LogP contribution in [0.5, 0.6) is 0 Å². The molecule has 2 rings (SSSR count). The Kier molecular flexibility index (Phi) is 3.50. The zero-order chi connectivity index (χ0) is 13.4. The summed E-state index contributed by atoms with van der Waals surface area (Å²) in [6.07, 6.45) is 5.52. The van der Waals surface area contributed by atoms with Crippen LogP contribution in [-0.4, -0.2) is 0 Å². The van der Waals surface area contributed by atoms with E-state index in [-0.39, 0.29) is 11.4 Å². The van der Waals surface area contributed by atoms with Gasteiger partial charge in [-0.05, 0) is 61.3 Å². The Morgan fingerprint density at radius 3 is 2.50 bits per heavy atom. The van der Waals surface area contributed by atoms with Crippen molar-refractivity contribution in [1.82, 2.24) is 0 Å². The van der Waals surface area contributed by atoms with E-state index in [2.05, 4.69) is 13.8 Å². The highest BCUT2D eigenvalue weighted by atomic mass is 19.1. The second-order valence-electron chi connectivity index (χ2n) is 6.63. The Morgan fingerprint density at radius 1 is 1.11 bits per heavy atom. The third-order valence-corrected chi connectivity index (χ3v) is 4.45. The summed E-state index contributed by atoms with van der Waals surface area (Å²) < 4.78 is 13.2. The fraction of sp³-hybridized carbons (Fsp3) is 0.625. The zero-order valence-corrected chi connectivity index (χ0v) is 11.7. The zero-order valence-electron chi connectivity index (χ0n) is 11.7. The van der Waals surface area contributed by atoms with Gasteiger partial charge >= 0.3 is 0 Å². The molecule has 0 bridgehead atoms. The van der Waals surface area contributed by atoms with Crippen LogP contribution >= 0.6 is 0 Å². The summed E-state index contributed by atoms with van der Waals surface area (Å²) >= 11 is 0. The number of aryl methyl sites for hydroxylation is 1. The quantitative estimate of drug-likeness (QED) is 0.739. The molecule has 18 heavy (non-hydrogen) atoms. The summed E-state index contributed by atoms with van der Waals surface area (Å²) in [5.74, 6) is -0.172. The summed E-state index contributed by atoms with van der Waals surface area (Å²) in [7, 11) is 0. The molecule has 1 nitrogen and oxygen atoms in total. The number of benzene rings is 1. The molecule has 0 radical (unpaired) electrons. The van der Waals surface area contributed by atoms with Crippen LogP contribution in [0.25, 0.3) is 0 Å². The van der Waals surface area contributed by atoms with Gasteiger partial charge in [0.2, 0.25) is 0 Å². The lowest BCUT2D eigenvalue weighted by molar-refractivity contribution is 0.299. The summed E-state index contributed by atoms with van der Waals surface area (Å²) in [5.41, 5.74) is 8.85. The van der Waals surface area contributed by atoms with Gasteiger partial charge in [-0.15, -0.1) is 0 Å². The topological polar surface area (TPSA) is 26.0 Å². The fourth-order valence-corrected chi connectivity index (χ4v) is 3.15. The van der Waals surface area contributed by atoms with Crippen molar-refractivity contribution < 1.29 is 4.39 Å². The molecule has 1 aromatic rings. The number of hydrogen-bond donors (Lipinski definition) is 1. The van der Waals surface area contributed by atoms with Gasteiger partial charge in [-0.1, -0.05) is 26.3 Å². The van der Waals surface area contributed by atoms with Crippen molar-refractivity contribution in [3.8, 4) is 0 Å². The molecule has 1 aromatic carbocycles. The van der Waals surface area contributed by atoms with E-state index in [9.17, 15) is 4.39 Å². The van der Waals surface area contributed by atoms with Crippen molar-refractivity contribution >= 4 is 0 Å². The maximum atomic E-state index is 13.2. The van der Waals surface area contributed by atoms with Gasteiger partial charge < -0.3 is 5.73 Å². The van der Waals surface area contributed by atoms with Crippen LogP contribution in [-0.2, 0) is 5.54 Å². The van der Waals surface area contributed by atoms with Crippen LogP contribution in [0.2, 0.25) is 0 Å².